The van der Waals surface area contributed by atoms with Crippen LogP contribution in [-0.2, 0) is 14.3 Å². The molecule has 6 heteroatoms. The molecule has 0 unspecified atom stereocenters. The van der Waals surface area contributed by atoms with Crippen LogP contribution >= 0.6 is 27.5 Å². The first-order chi connectivity index (χ1) is 10.1. The van der Waals surface area contributed by atoms with Gasteiger partial charge in [-0.3, -0.25) is 9.59 Å². The maximum Gasteiger partial charge on any atom is 0.310 e. The van der Waals surface area contributed by atoms with E-state index in [2.05, 4.69) is 21.2 Å². The van der Waals surface area contributed by atoms with Gasteiger partial charge in [-0.2, -0.15) is 0 Å². The van der Waals surface area contributed by atoms with Crippen LogP contribution in [0, 0.1) is 23.7 Å². The summed E-state index contributed by atoms with van der Waals surface area (Å²) in [6, 6.07) is 6.97. The fourth-order valence-electron chi connectivity index (χ4n) is 4.09. The number of halogens is 2. The van der Waals surface area contributed by atoms with E-state index in [4.69, 9.17) is 16.3 Å². The van der Waals surface area contributed by atoms with Crippen LogP contribution in [0.1, 0.15) is 6.42 Å². The third-order valence-electron chi connectivity index (χ3n) is 4.94. The molecule has 0 aromatic heterocycles. The average Bonchev–Trinajstić information content (AvgIpc) is 3.05. The number of esters is 1. The third-order valence-corrected chi connectivity index (χ3v) is 6.39. The lowest BCUT2D eigenvalue weighted by molar-refractivity contribution is -0.145. The van der Waals surface area contributed by atoms with Crippen molar-refractivity contribution in [3.05, 3.63) is 29.3 Å². The SMILES string of the molecule is O=C(Nc1ccc(Cl)cc1)[C@@H]1[C@H]2C[C@H]3[C@H](OC(=O)[C@H]31)[C@@H]2Br. The first-order valence-electron chi connectivity index (χ1n) is 6.97. The fraction of sp³-hybridized carbons (Fsp3) is 0.467. The van der Waals surface area contributed by atoms with Crippen LogP contribution in [0.25, 0.3) is 0 Å². The molecule has 6 atom stereocenters. The monoisotopic (exact) mass is 369 g/mol. The molecule has 1 amide bonds. The highest BCUT2D eigenvalue weighted by atomic mass is 79.9. The Morgan fingerprint density at radius 3 is 2.71 bits per heavy atom. The molecule has 4 rings (SSSR count). The summed E-state index contributed by atoms with van der Waals surface area (Å²) in [5.74, 6) is -0.540. The molecule has 0 radical (unpaired) electrons. The first kappa shape index (κ1) is 13.6. The molecular formula is C15H13BrClNO3. The highest BCUT2D eigenvalue weighted by molar-refractivity contribution is 9.09. The lowest BCUT2D eigenvalue weighted by Crippen LogP contribution is -2.40. The molecule has 1 aromatic rings. The highest BCUT2D eigenvalue weighted by Gasteiger charge is 2.67. The maximum absolute atomic E-state index is 12.6. The molecule has 2 saturated carbocycles. The van der Waals surface area contributed by atoms with Crippen LogP contribution in [0.15, 0.2) is 24.3 Å². The quantitative estimate of drug-likeness (QED) is 0.643. The number of hydrogen-bond acceptors (Lipinski definition) is 3. The molecule has 0 spiro atoms. The zero-order valence-corrected chi connectivity index (χ0v) is 13.3. The lowest BCUT2D eigenvalue weighted by atomic mass is 9.79. The van der Waals surface area contributed by atoms with Crippen molar-refractivity contribution in [2.75, 3.05) is 5.32 Å². The topological polar surface area (TPSA) is 55.4 Å². The van der Waals surface area contributed by atoms with E-state index in [-0.39, 0.29) is 46.5 Å². The summed E-state index contributed by atoms with van der Waals surface area (Å²) in [5, 5.41) is 3.51. The summed E-state index contributed by atoms with van der Waals surface area (Å²) in [4.78, 5) is 24.7. The summed E-state index contributed by atoms with van der Waals surface area (Å²) >= 11 is 9.44. The molecule has 110 valence electrons. The minimum Gasteiger partial charge on any atom is -0.461 e. The van der Waals surface area contributed by atoms with E-state index in [9.17, 15) is 9.59 Å². The maximum atomic E-state index is 12.6. The second-order valence-corrected chi connectivity index (χ2v) is 7.45. The van der Waals surface area contributed by atoms with E-state index in [1.807, 2.05) is 0 Å². The lowest BCUT2D eigenvalue weighted by Gasteiger charge is -2.27. The Hall–Kier alpha value is -1.07. The van der Waals surface area contributed by atoms with Gasteiger partial charge in [0.15, 0.2) is 0 Å². The predicted molar refractivity (Wildman–Crippen MR) is 81.3 cm³/mol. The van der Waals surface area contributed by atoms with Gasteiger partial charge in [-0.05, 0) is 36.6 Å². The number of anilines is 1. The van der Waals surface area contributed by atoms with E-state index in [1.54, 1.807) is 24.3 Å². The number of fused-ring (bicyclic) bond motifs is 1. The number of benzene rings is 1. The second-order valence-electron chi connectivity index (χ2n) is 5.96. The molecule has 21 heavy (non-hydrogen) atoms. The Morgan fingerprint density at radius 2 is 2.00 bits per heavy atom. The molecule has 1 heterocycles. The van der Waals surface area contributed by atoms with Gasteiger partial charge in [-0.25, -0.2) is 0 Å². The summed E-state index contributed by atoms with van der Waals surface area (Å²) in [6.07, 6.45) is 0.836. The number of carbonyl (C=O) groups is 2. The predicted octanol–water partition coefficient (Wildman–Crippen LogP) is 2.85. The number of nitrogens with one attached hydrogen (secondary N) is 1. The highest BCUT2D eigenvalue weighted by Crippen LogP contribution is 2.60. The Kier molecular flexibility index (Phi) is 3.05. The van der Waals surface area contributed by atoms with E-state index in [1.165, 1.54) is 0 Å². The van der Waals surface area contributed by atoms with Crippen molar-refractivity contribution in [2.24, 2.45) is 23.7 Å². The van der Waals surface area contributed by atoms with Gasteiger partial charge in [0.2, 0.25) is 5.91 Å². The van der Waals surface area contributed by atoms with E-state index >= 15 is 0 Å². The van der Waals surface area contributed by atoms with Gasteiger partial charge >= 0.3 is 5.97 Å². The standard InChI is InChI=1S/C15H13BrClNO3/c16-12-8-5-9-11(15(20)21-13(9)12)10(8)14(19)18-7-3-1-6(17)2-4-7/h1-4,8-13H,5H2,(H,18,19)/t8-,9-,10-,11-,12-,13+/m1/s1. The zero-order chi connectivity index (χ0) is 14.7. The Labute approximate surface area is 135 Å². The molecule has 3 fully saturated rings. The van der Waals surface area contributed by atoms with E-state index in [0.29, 0.717) is 10.7 Å². The molecule has 1 saturated heterocycles. The van der Waals surface area contributed by atoms with Crippen LogP contribution < -0.4 is 5.32 Å². The summed E-state index contributed by atoms with van der Waals surface area (Å²) in [7, 11) is 0. The average molecular weight is 371 g/mol. The molecular weight excluding hydrogens is 358 g/mol. The van der Waals surface area contributed by atoms with Crippen molar-refractivity contribution in [1.29, 1.82) is 0 Å². The van der Waals surface area contributed by atoms with Crippen molar-refractivity contribution >= 4 is 45.1 Å². The van der Waals surface area contributed by atoms with Gasteiger partial charge in [-0.15, -0.1) is 0 Å². The first-order valence-corrected chi connectivity index (χ1v) is 8.26. The number of carbonyl (C=O) groups excluding carboxylic acids is 2. The molecule has 2 aliphatic carbocycles. The number of alkyl halides is 1. The van der Waals surface area contributed by atoms with Gasteiger partial charge < -0.3 is 10.1 Å². The van der Waals surface area contributed by atoms with Gasteiger partial charge in [0.1, 0.15) is 6.10 Å². The third kappa shape index (κ3) is 1.94. The van der Waals surface area contributed by atoms with E-state index < -0.39 is 0 Å². The molecule has 1 aromatic carbocycles. The van der Waals surface area contributed by atoms with Crippen molar-refractivity contribution in [3.8, 4) is 0 Å². The molecule has 4 nitrogen and oxygen atoms in total. The Balaban J connectivity index is 1.57. The van der Waals surface area contributed by atoms with E-state index in [0.717, 1.165) is 6.42 Å². The van der Waals surface area contributed by atoms with Gasteiger partial charge in [0.25, 0.3) is 0 Å². The van der Waals surface area contributed by atoms with Crippen molar-refractivity contribution in [2.45, 2.75) is 17.4 Å². The van der Waals surface area contributed by atoms with Gasteiger partial charge in [0, 0.05) is 16.6 Å². The minimum atomic E-state index is -0.304. The number of amides is 1. The normalized spacial score (nSPS) is 39.4. The summed E-state index contributed by atoms with van der Waals surface area (Å²) in [5.41, 5.74) is 0.696. The smallest absolute Gasteiger partial charge is 0.310 e. The Morgan fingerprint density at radius 1 is 1.29 bits per heavy atom. The number of ether oxygens (including phenoxy) is 1. The van der Waals surface area contributed by atoms with Crippen LogP contribution in [0.2, 0.25) is 5.02 Å². The van der Waals surface area contributed by atoms with Crippen LogP contribution in [0.3, 0.4) is 0 Å². The van der Waals surface area contributed by atoms with Crippen molar-refractivity contribution in [1.82, 2.24) is 0 Å². The fourth-order valence-corrected chi connectivity index (χ4v) is 5.26. The van der Waals surface area contributed by atoms with Crippen molar-refractivity contribution < 1.29 is 14.3 Å². The van der Waals surface area contributed by atoms with Crippen LogP contribution in [0.5, 0.6) is 0 Å². The molecule has 2 bridgehead atoms. The number of hydrogen-bond donors (Lipinski definition) is 1. The zero-order valence-electron chi connectivity index (χ0n) is 11.0. The molecule has 3 aliphatic rings. The summed E-state index contributed by atoms with van der Waals surface area (Å²) < 4.78 is 5.41. The van der Waals surface area contributed by atoms with Crippen LogP contribution in [-0.4, -0.2) is 22.8 Å². The number of rotatable bonds is 2. The largest absolute Gasteiger partial charge is 0.461 e. The minimum absolute atomic E-state index is 0.0490. The van der Waals surface area contributed by atoms with Gasteiger partial charge in [-0.1, -0.05) is 27.5 Å². The molecule has 1 N–H and O–H groups in total. The summed E-state index contributed by atoms with van der Waals surface area (Å²) in [6.45, 7) is 0. The second kappa shape index (κ2) is 4.71. The Bertz CT molecular complexity index is 620. The van der Waals surface area contributed by atoms with Gasteiger partial charge in [0.05, 0.1) is 16.7 Å². The van der Waals surface area contributed by atoms with Crippen molar-refractivity contribution in [3.63, 3.8) is 0 Å². The van der Waals surface area contributed by atoms with Crippen LogP contribution in [0.4, 0.5) is 5.69 Å². The molecule has 1 aliphatic heterocycles.